The summed E-state index contributed by atoms with van der Waals surface area (Å²) in [5.74, 6) is 2.82. The van der Waals surface area contributed by atoms with E-state index in [2.05, 4.69) is 15.3 Å². The number of likely N-dealkylation sites (tertiary alicyclic amines) is 1. The minimum absolute atomic E-state index is 0.00573. The molecular weight excluding hydrogens is 332 g/mol. The van der Waals surface area contributed by atoms with E-state index in [1.807, 2.05) is 24.9 Å². The largest absolute Gasteiger partial charge is 0.497 e. The standard InChI is InChI=1S/C19H24N4O3/c1-13-21-16(11-18(20-2)22-13)17-5-4-10-23(17)19(24)12-26-15-8-6-14(25-3)7-9-15/h6-9,11,17H,4-5,10,12H2,1-3H3,(H,20,21,22). The molecule has 1 atom stereocenters. The quantitative estimate of drug-likeness (QED) is 0.857. The van der Waals surface area contributed by atoms with Gasteiger partial charge >= 0.3 is 0 Å². The number of aryl methyl sites for hydroxylation is 1. The van der Waals surface area contributed by atoms with Crippen LogP contribution in [-0.4, -0.2) is 48.1 Å². The minimum Gasteiger partial charge on any atom is -0.497 e. The highest BCUT2D eigenvalue weighted by Gasteiger charge is 2.31. The number of methoxy groups -OCH3 is 1. The third-order valence-corrected chi connectivity index (χ3v) is 4.45. The van der Waals surface area contributed by atoms with Crippen molar-refractivity contribution in [3.8, 4) is 11.5 Å². The van der Waals surface area contributed by atoms with Gasteiger partial charge in [-0.1, -0.05) is 0 Å². The number of hydrogen-bond acceptors (Lipinski definition) is 6. The molecule has 26 heavy (non-hydrogen) atoms. The van der Waals surface area contributed by atoms with Crippen LogP contribution < -0.4 is 14.8 Å². The van der Waals surface area contributed by atoms with Gasteiger partial charge in [-0.25, -0.2) is 9.97 Å². The Morgan fingerprint density at radius 2 is 2.00 bits per heavy atom. The predicted molar refractivity (Wildman–Crippen MR) is 98.5 cm³/mol. The smallest absolute Gasteiger partial charge is 0.261 e. The van der Waals surface area contributed by atoms with Crippen LogP contribution in [0.1, 0.15) is 30.4 Å². The summed E-state index contributed by atoms with van der Waals surface area (Å²) in [4.78, 5) is 23.4. The lowest BCUT2D eigenvalue weighted by Gasteiger charge is -2.25. The molecule has 3 rings (SSSR count). The maximum atomic E-state index is 12.7. The summed E-state index contributed by atoms with van der Waals surface area (Å²) in [6.45, 7) is 2.58. The van der Waals surface area contributed by atoms with Gasteiger partial charge in [-0.05, 0) is 44.0 Å². The van der Waals surface area contributed by atoms with Crippen molar-refractivity contribution in [3.63, 3.8) is 0 Å². The highest BCUT2D eigenvalue weighted by molar-refractivity contribution is 5.78. The van der Waals surface area contributed by atoms with Crippen LogP contribution in [0.3, 0.4) is 0 Å². The Morgan fingerprint density at radius 3 is 2.69 bits per heavy atom. The SMILES string of the molecule is CNc1cc(C2CCCN2C(=O)COc2ccc(OC)cc2)nc(C)n1. The molecule has 138 valence electrons. The number of carbonyl (C=O) groups excluding carboxylic acids is 1. The van der Waals surface area contributed by atoms with Gasteiger partial charge in [0.2, 0.25) is 0 Å². The van der Waals surface area contributed by atoms with E-state index in [-0.39, 0.29) is 18.6 Å². The Balaban J connectivity index is 1.67. The van der Waals surface area contributed by atoms with Crippen molar-refractivity contribution in [2.24, 2.45) is 0 Å². The highest BCUT2D eigenvalue weighted by Crippen LogP contribution is 2.31. The topological polar surface area (TPSA) is 76.6 Å². The lowest BCUT2D eigenvalue weighted by Crippen LogP contribution is -2.35. The van der Waals surface area contributed by atoms with E-state index in [1.165, 1.54) is 0 Å². The molecule has 1 unspecified atom stereocenters. The van der Waals surface area contributed by atoms with Gasteiger partial charge in [0.1, 0.15) is 23.1 Å². The molecule has 1 aromatic heterocycles. The summed E-state index contributed by atoms with van der Waals surface area (Å²) >= 11 is 0. The number of hydrogen-bond donors (Lipinski definition) is 1. The Kier molecular flexibility index (Phi) is 5.55. The Bertz CT molecular complexity index is 764. The van der Waals surface area contributed by atoms with Gasteiger partial charge in [0, 0.05) is 19.7 Å². The fourth-order valence-corrected chi connectivity index (χ4v) is 3.16. The van der Waals surface area contributed by atoms with Crippen molar-refractivity contribution < 1.29 is 14.3 Å². The Morgan fingerprint density at radius 1 is 1.27 bits per heavy atom. The zero-order chi connectivity index (χ0) is 18.5. The number of nitrogens with zero attached hydrogens (tertiary/aromatic N) is 3. The number of nitrogens with one attached hydrogen (secondary N) is 1. The molecule has 1 N–H and O–H groups in total. The zero-order valence-electron chi connectivity index (χ0n) is 15.4. The average molecular weight is 356 g/mol. The second-order valence-corrected chi connectivity index (χ2v) is 6.18. The Hall–Kier alpha value is -2.83. The fraction of sp³-hybridized carbons (Fsp3) is 0.421. The monoisotopic (exact) mass is 356 g/mol. The molecule has 1 aliphatic rings. The van der Waals surface area contributed by atoms with Gasteiger partial charge in [-0.3, -0.25) is 4.79 Å². The summed E-state index contributed by atoms with van der Waals surface area (Å²) in [7, 11) is 3.44. The van der Waals surface area contributed by atoms with Gasteiger partial charge in [0.05, 0.1) is 18.8 Å². The molecule has 0 spiro atoms. The fourth-order valence-electron chi connectivity index (χ4n) is 3.16. The van der Waals surface area contributed by atoms with Crippen molar-refractivity contribution in [2.75, 3.05) is 32.6 Å². The van der Waals surface area contributed by atoms with Crippen LogP contribution in [0.4, 0.5) is 5.82 Å². The molecule has 2 heterocycles. The molecule has 2 aromatic rings. The first-order chi connectivity index (χ1) is 12.6. The second kappa shape index (κ2) is 8.03. The van der Waals surface area contributed by atoms with Crippen molar-refractivity contribution in [1.82, 2.24) is 14.9 Å². The molecule has 7 heteroatoms. The van der Waals surface area contributed by atoms with Crippen LogP contribution in [0.5, 0.6) is 11.5 Å². The minimum atomic E-state index is -0.0365. The summed E-state index contributed by atoms with van der Waals surface area (Å²) in [5.41, 5.74) is 0.872. The number of carbonyl (C=O) groups is 1. The van der Waals surface area contributed by atoms with Crippen LogP contribution in [0.25, 0.3) is 0 Å². The van der Waals surface area contributed by atoms with Gasteiger partial charge in [-0.15, -0.1) is 0 Å². The van der Waals surface area contributed by atoms with Crippen molar-refractivity contribution in [2.45, 2.75) is 25.8 Å². The van der Waals surface area contributed by atoms with Gasteiger partial charge in [-0.2, -0.15) is 0 Å². The normalized spacial score (nSPS) is 16.4. The van der Waals surface area contributed by atoms with E-state index < -0.39 is 0 Å². The van der Waals surface area contributed by atoms with E-state index in [1.54, 1.807) is 31.4 Å². The average Bonchev–Trinajstić information content (AvgIpc) is 3.16. The molecule has 1 amide bonds. The lowest BCUT2D eigenvalue weighted by atomic mass is 10.1. The third kappa shape index (κ3) is 4.04. The molecular formula is C19H24N4O3. The van der Waals surface area contributed by atoms with Crippen molar-refractivity contribution >= 4 is 11.7 Å². The molecule has 0 bridgehead atoms. The number of anilines is 1. The third-order valence-electron chi connectivity index (χ3n) is 4.45. The second-order valence-electron chi connectivity index (χ2n) is 6.18. The summed E-state index contributed by atoms with van der Waals surface area (Å²) in [6.07, 6.45) is 1.85. The molecule has 1 aliphatic heterocycles. The number of benzene rings is 1. The van der Waals surface area contributed by atoms with E-state index in [4.69, 9.17) is 9.47 Å². The molecule has 1 aromatic carbocycles. The lowest BCUT2D eigenvalue weighted by molar-refractivity contribution is -0.134. The number of ether oxygens (including phenoxy) is 2. The first-order valence-electron chi connectivity index (χ1n) is 8.70. The summed E-state index contributed by atoms with van der Waals surface area (Å²) < 4.78 is 10.8. The van der Waals surface area contributed by atoms with Gasteiger partial charge in [0.15, 0.2) is 6.61 Å². The molecule has 1 saturated heterocycles. The molecule has 0 aliphatic carbocycles. The van der Waals surface area contributed by atoms with Crippen molar-refractivity contribution in [3.05, 3.63) is 41.9 Å². The van der Waals surface area contributed by atoms with Crippen molar-refractivity contribution in [1.29, 1.82) is 0 Å². The van der Waals surface area contributed by atoms with Crippen LogP contribution in [0, 0.1) is 6.92 Å². The van der Waals surface area contributed by atoms with Crippen LogP contribution in [0.2, 0.25) is 0 Å². The molecule has 0 radical (unpaired) electrons. The number of amides is 1. The van der Waals surface area contributed by atoms with E-state index in [9.17, 15) is 4.79 Å². The first-order valence-corrected chi connectivity index (χ1v) is 8.70. The predicted octanol–water partition coefficient (Wildman–Crippen LogP) is 2.58. The molecule has 1 fully saturated rings. The maximum Gasteiger partial charge on any atom is 0.261 e. The first kappa shape index (κ1) is 18.0. The maximum absolute atomic E-state index is 12.7. The molecule has 7 nitrogen and oxygen atoms in total. The van der Waals surface area contributed by atoms with E-state index >= 15 is 0 Å². The van der Waals surface area contributed by atoms with Crippen LogP contribution in [-0.2, 0) is 4.79 Å². The van der Waals surface area contributed by atoms with Gasteiger partial charge in [0.25, 0.3) is 5.91 Å². The Labute approximate surface area is 153 Å². The summed E-state index contributed by atoms with van der Waals surface area (Å²) in [5, 5.41) is 3.04. The van der Waals surface area contributed by atoms with Crippen LogP contribution in [0.15, 0.2) is 30.3 Å². The van der Waals surface area contributed by atoms with E-state index in [0.717, 1.165) is 30.1 Å². The van der Waals surface area contributed by atoms with E-state index in [0.29, 0.717) is 18.1 Å². The van der Waals surface area contributed by atoms with Gasteiger partial charge < -0.3 is 19.7 Å². The number of aromatic nitrogens is 2. The molecule has 0 saturated carbocycles. The highest BCUT2D eigenvalue weighted by atomic mass is 16.5. The summed E-state index contributed by atoms with van der Waals surface area (Å²) in [6, 6.07) is 9.08. The number of rotatable bonds is 6. The zero-order valence-corrected chi connectivity index (χ0v) is 15.4. The van der Waals surface area contributed by atoms with Crippen LogP contribution >= 0.6 is 0 Å².